The van der Waals surface area contributed by atoms with Crippen molar-refractivity contribution < 1.29 is 23.9 Å². The lowest BCUT2D eigenvalue weighted by molar-refractivity contribution is -0.122. The predicted molar refractivity (Wildman–Crippen MR) is 170 cm³/mol. The number of carbonyl (C=O) groups is 4. The van der Waals surface area contributed by atoms with Crippen molar-refractivity contribution in [2.75, 3.05) is 10.8 Å². The van der Waals surface area contributed by atoms with Crippen molar-refractivity contribution in [2.45, 2.75) is 38.2 Å². The number of amides is 2. The van der Waals surface area contributed by atoms with E-state index in [-0.39, 0.29) is 41.5 Å². The maximum absolute atomic E-state index is 13.7. The van der Waals surface area contributed by atoms with Crippen LogP contribution in [0.15, 0.2) is 72.8 Å². The first-order valence-corrected chi connectivity index (χ1v) is 15.7. The monoisotopic (exact) mass is 648 g/mol. The van der Waals surface area contributed by atoms with E-state index in [0.29, 0.717) is 43.5 Å². The van der Waals surface area contributed by atoms with Gasteiger partial charge in [-0.15, -0.1) is 11.6 Å². The number of fused-ring (bicyclic) bond motifs is 2. The number of ether oxygens (including phenoxy) is 1. The Morgan fingerprint density at radius 3 is 2.20 bits per heavy atom. The van der Waals surface area contributed by atoms with Gasteiger partial charge in [0.05, 0.1) is 39.3 Å². The summed E-state index contributed by atoms with van der Waals surface area (Å²) < 4.78 is 5.76. The summed E-state index contributed by atoms with van der Waals surface area (Å²) >= 11 is 18.5. The lowest BCUT2D eigenvalue weighted by Gasteiger charge is -2.19. The first kappa shape index (κ1) is 30.3. The van der Waals surface area contributed by atoms with Crippen LogP contribution in [0.3, 0.4) is 0 Å². The van der Waals surface area contributed by atoms with Gasteiger partial charge in [0.25, 0.3) is 0 Å². The fourth-order valence-electron chi connectivity index (χ4n) is 6.06. The van der Waals surface area contributed by atoms with Gasteiger partial charge in [-0.05, 0) is 61.4 Å². The maximum atomic E-state index is 13.7. The molecule has 44 heavy (non-hydrogen) atoms. The number of halogens is 3. The summed E-state index contributed by atoms with van der Waals surface area (Å²) in [5, 5.41) is 1.27. The molecule has 2 amide bonds. The van der Waals surface area contributed by atoms with Crippen LogP contribution in [-0.4, -0.2) is 40.5 Å². The smallest absolute Gasteiger partial charge is 0.339 e. The lowest BCUT2D eigenvalue weighted by Crippen LogP contribution is -2.30. The van der Waals surface area contributed by atoms with Crippen molar-refractivity contribution >= 4 is 75.0 Å². The average Bonchev–Trinajstić information content (AvgIpc) is 3.30. The number of hydrogen-bond acceptors (Lipinski definition) is 6. The zero-order chi connectivity index (χ0) is 31.0. The van der Waals surface area contributed by atoms with Gasteiger partial charge in [0.15, 0.2) is 6.10 Å². The highest BCUT2D eigenvalue weighted by Crippen LogP contribution is 2.40. The number of esters is 1. The fourth-order valence-corrected chi connectivity index (χ4v) is 6.60. The molecule has 1 aliphatic heterocycles. The van der Waals surface area contributed by atoms with Crippen molar-refractivity contribution in [1.29, 1.82) is 0 Å². The van der Waals surface area contributed by atoms with E-state index in [0.717, 1.165) is 25.7 Å². The van der Waals surface area contributed by atoms with Crippen LogP contribution in [0.2, 0.25) is 10.0 Å². The lowest BCUT2D eigenvalue weighted by atomic mass is 9.81. The second-order valence-corrected chi connectivity index (χ2v) is 12.2. The van der Waals surface area contributed by atoms with Gasteiger partial charge in [-0.3, -0.25) is 19.3 Å². The Labute approximate surface area is 269 Å². The molecule has 2 aliphatic rings. The standard InChI is InChI=1S/C34H27Cl3N2O5/c35-17-16-29(31(40)20-8-12-21(36)13-9-20)44-34(43)26-18-28(38-30-23(26)6-3-7-27(30)37)19-10-14-22(15-11-19)39-32(41)24-4-1-2-5-25(24)33(39)42/h3,6-15,18,24-25,29H,1-2,4-5,16-17H2. The Bertz CT molecular complexity index is 1750. The second kappa shape index (κ2) is 12.7. The van der Waals surface area contributed by atoms with Gasteiger partial charge in [-0.2, -0.15) is 0 Å². The first-order chi connectivity index (χ1) is 21.3. The molecule has 7 nitrogen and oxygen atoms in total. The molecular formula is C34H27Cl3N2O5. The zero-order valence-electron chi connectivity index (χ0n) is 23.5. The molecular weight excluding hydrogens is 623 g/mol. The van der Waals surface area contributed by atoms with E-state index >= 15 is 0 Å². The third-order valence-electron chi connectivity index (χ3n) is 8.31. The van der Waals surface area contributed by atoms with Gasteiger partial charge in [-0.25, -0.2) is 9.78 Å². The Balaban J connectivity index is 1.32. The third-order valence-corrected chi connectivity index (χ3v) is 9.09. The number of benzene rings is 3. The number of aromatic nitrogens is 1. The summed E-state index contributed by atoms with van der Waals surface area (Å²) in [7, 11) is 0. The number of ketones is 1. The number of imide groups is 1. The van der Waals surface area contributed by atoms with E-state index < -0.39 is 17.9 Å². The largest absolute Gasteiger partial charge is 0.450 e. The number of rotatable bonds is 8. The number of nitrogens with zero attached hydrogens (tertiary/aromatic N) is 2. The van der Waals surface area contributed by atoms with Gasteiger partial charge in [0.1, 0.15) is 0 Å². The summed E-state index contributed by atoms with van der Waals surface area (Å²) in [4.78, 5) is 59.1. The number of para-hydroxylation sites is 1. The normalized spacial score (nSPS) is 18.8. The van der Waals surface area contributed by atoms with Crippen LogP contribution < -0.4 is 4.90 Å². The molecule has 0 radical (unpaired) electrons. The molecule has 3 aromatic carbocycles. The topological polar surface area (TPSA) is 93.6 Å². The van der Waals surface area contributed by atoms with E-state index in [1.807, 2.05) is 0 Å². The number of alkyl halides is 1. The molecule has 10 heteroatoms. The number of carbonyl (C=O) groups excluding carboxylic acids is 4. The molecule has 0 N–H and O–H groups in total. The predicted octanol–water partition coefficient (Wildman–Crippen LogP) is 7.93. The highest BCUT2D eigenvalue weighted by molar-refractivity contribution is 6.35. The van der Waals surface area contributed by atoms with Crippen LogP contribution >= 0.6 is 34.8 Å². The maximum Gasteiger partial charge on any atom is 0.339 e. The molecule has 1 saturated carbocycles. The summed E-state index contributed by atoms with van der Waals surface area (Å²) in [6.45, 7) is 0. The molecule has 3 atom stereocenters. The Morgan fingerprint density at radius 2 is 1.57 bits per heavy atom. The summed E-state index contributed by atoms with van der Waals surface area (Å²) in [6.07, 6.45) is 2.38. The van der Waals surface area contributed by atoms with Crippen LogP contribution in [-0.2, 0) is 14.3 Å². The van der Waals surface area contributed by atoms with Crippen molar-refractivity contribution in [2.24, 2.45) is 11.8 Å². The molecule has 2 fully saturated rings. The second-order valence-electron chi connectivity index (χ2n) is 11.0. The van der Waals surface area contributed by atoms with E-state index in [1.54, 1.807) is 72.8 Å². The van der Waals surface area contributed by atoms with Gasteiger partial charge < -0.3 is 4.74 Å². The van der Waals surface area contributed by atoms with Gasteiger partial charge in [-0.1, -0.05) is 60.3 Å². The van der Waals surface area contributed by atoms with Crippen molar-refractivity contribution in [1.82, 2.24) is 4.98 Å². The minimum atomic E-state index is -1.12. The van der Waals surface area contributed by atoms with E-state index in [1.165, 1.54) is 4.90 Å². The molecule has 1 saturated heterocycles. The van der Waals surface area contributed by atoms with Gasteiger partial charge in [0, 0.05) is 33.8 Å². The molecule has 1 aliphatic carbocycles. The molecule has 1 aromatic heterocycles. The van der Waals surface area contributed by atoms with E-state index in [2.05, 4.69) is 0 Å². The Morgan fingerprint density at radius 1 is 0.909 bits per heavy atom. The highest BCUT2D eigenvalue weighted by Gasteiger charge is 2.48. The van der Waals surface area contributed by atoms with Crippen molar-refractivity contribution in [3.8, 4) is 11.3 Å². The molecule has 2 heterocycles. The van der Waals surface area contributed by atoms with Crippen LogP contribution in [0.1, 0.15) is 52.8 Å². The quantitative estimate of drug-likeness (QED) is 0.0833. The minimum absolute atomic E-state index is 0.0985. The average molecular weight is 650 g/mol. The number of anilines is 1. The summed E-state index contributed by atoms with van der Waals surface area (Å²) in [6, 6.07) is 19.9. The Hall–Kier alpha value is -3.78. The SMILES string of the molecule is O=C(OC(CCCl)C(=O)c1ccc(Cl)cc1)c1cc(-c2ccc(N3C(=O)C4CCCCC4C3=O)cc2)nc2c(Cl)cccc12. The van der Waals surface area contributed by atoms with Crippen molar-refractivity contribution in [3.05, 3.63) is 94.0 Å². The van der Waals surface area contributed by atoms with Gasteiger partial charge in [0.2, 0.25) is 17.6 Å². The van der Waals surface area contributed by atoms with E-state index in [9.17, 15) is 19.2 Å². The van der Waals surface area contributed by atoms with Crippen LogP contribution in [0.25, 0.3) is 22.2 Å². The minimum Gasteiger partial charge on any atom is -0.450 e. The van der Waals surface area contributed by atoms with Crippen LogP contribution in [0.5, 0.6) is 0 Å². The molecule has 4 aromatic rings. The Kier molecular flexibility index (Phi) is 8.72. The summed E-state index contributed by atoms with van der Waals surface area (Å²) in [5.41, 5.74) is 2.46. The highest BCUT2D eigenvalue weighted by atomic mass is 35.5. The van der Waals surface area contributed by atoms with Crippen molar-refractivity contribution in [3.63, 3.8) is 0 Å². The molecule has 0 bridgehead atoms. The number of Topliss-reactive ketones (excluding diaryl/α,β-unsaturated/α-hetero) is 1. The summed E-state index contributed by atoms with van der Waals surface area (Å²) in [5.74, 6) is -1.81. The first-order valence-electron chi connectivity index (χ1n) is 14.4. The number of pyridine rings is 1. The van der Waals surface area contributed by atoms with Crippen LogP contribution in [0.4, 0.5) is 5.69 Å². The van der Waals surface area contributed by atoms with E-state index in [4.69, 9.17) is 44.5 Å². The number of hydrogen-bond donors (Lipinski definition) is 0. The third kappa shape index (κ3) is 5.72. The molecule has 224 valence electrons. The molecule has 3 unspecified atom stereocenters. The molecule has 0 spiro atoms. The fraction of sp³-hybridized carbons (Fsp3) is 0.265. The van der Waals surface area contributed by atoms with Crippen LogP contribution in [0, 0.1) is 11.8 Å². The van der Waals surface area contributed by atoms with Gasteiger partial charge >= 0.3 is 5.97 Å². The zero-order valence-corrected chi connectivity index (χ0v) is 25.7. The molecule has 6 rings (SSSR count).